The van der Waals surface area contributed by atoms with Crippen LogP contribution in [-0.4, -0.2) is 33.1 Å². The van der Waals surface area contributed by atoms with Crippen molar-refractivity contribution in [2.24, 2.45) is 4.99 Å². The molecule has 6 nitrogen and oxygen atoms in total. The molecule has 17 heavy (non-hydrogen) atoms. The van der Waals surface area contributed by atoms with E-state index in [0.29, 0.717) is 23.9 Å². The summed E-state index contributed by atoms with van der Waals surface area (Å²) in [7, 11) is 0. The summed E-state index contributed by atoms with van der Waals surface area (Å²) in [5.74, 6) is 1.12. The second-order valence-corrected chi connectivity index (χ2v) is 3.22. The molecule has 0 fully saturated rings. The fraction of sp³-hybridized carbons (Fsp3) is 0.182. The first-order valence-electron chi connectivity index (χ1n) is 5.15. The molecule has 0 radical (unpaired) electrons. The normalized spacial score (nSPS) is 10.9. The van der Waals surface area contributed by atoms with E-state index in [1.54, 1.807) is 18.2 Å². The monoisotopic (exact) mass is 232 g/mol. The van der Waals surface area contributed by atoms with E-state index in [2.05, 4.69) is 20.2 Å². The molecule has 2 aromatic rings. The predicted molar refractivity (Wildman–Crippen MR) is 62.9 cm³/mol. The number of phenols is 1. The number of benzene rings is 1. The lowest BCUT2D eigenvalue weighted by Crippen LogP contribution is -1.92. The van der Waals surface area contributed by atoms with Crippen LogP contribution >= 0.6 is 0 Å². The van der Waals surface area contributed by atoms with Crippen LogP contribution in [0, 0.1) is 0 Å². The maximum Gasteiger partial charge on any atom is 0.245 e. The lowest BCUT2D eigenvalue weighted by atomic mass is 10.2. The van der Waals surface area contributed by atoms with Gasteiger partial charge in [-0.15, -0.1) is 0 Å². The zero-order valence-electron chi connectivity index (χ0n) is 9.29. The maximum absolute atomic E-state index is 9.73. The molecule has 0 unspecified atom stereocenters. The molecule has 1 heterocycles. The van der Waals surface area contributed by atoms with Crippen LogP contribution in [0.3, 0.4) is 0 Å². The molecule has 0 saturated carbocycles. The number of aromatic nitrogens is 3. The summed E-state index contributed by atoms with van der Waals surface area (Å²) >= 11 is 0. The van der Waals surface area contributed by atoms with Crippen LogP contribution in [0.15, 0.2) is 29.5 Å². The van der Waals surface area contributed by atoms with Gasteiger partial charge in [-0.2, -0.15) is 10.1 Å². The molecule has 0 aliphatic carbocycles. The summed E-state index contributed by atoms with van der Waals surface area (Å²) < 4.78 is 5.26. The van der Waals surface area contributed by atoms with Gasteiger partial charge in [0.15, 0.2) is 0 Å². The smallest absolute Gasteiger partial charge is 0.245 e. The van der Waals surface area contributed by atoms with Gasteiger partial charge >= 0.3 is 0 Å². The first kappa shape index (κ1) is 11.1. The van der Waals surface area contributed by atoms with E-state index in [1.807, 2.05) is 6.92 Å². The van der Waals surface area contributed by atoms with Crippen molar-refractivity contribution in [3.05, 3.63) is 30.1 Å². The van der Waals surface area contributed by atoms with Gasteiger partial charge in [-0.3, -0.25) is 0 Å². The minimum Gasteiger partial charge on any atom is -0.507 e. The average molecular weight is 232 g/mol. The van der Waals surface area contributed by atoms with Crippen molar-refractivity contribution in [1.82, 2.24) is 15.2 Å². The van der Waals surface area contributed by atoms with Crippen LogP contribution in [0.1, 0.15) is 12.5 Å². The highest BCUT2D eigenvalue weighted by Crippen LogP contribution is 2.22. The van der Waals surface area contributed by atoms with E-state index in [1.165, 1.54) is 12.5 Å². The molecule has 88 valence electrons. The van der Waals surface area contributed by atoms with Crippen LogP contribution in [0.2, 0.25) is 0 Å². The molecule has 2 rings (SSSR count). The Bertz CT molecular complexity index is 508. The van der Waals surface area contributed by atoms with Crippen molar-refractivity contribution in [2.45, 2.75) is 6.92 Å². The molecule has 0 spiro atoms. The van der Waals surface area contributed by atoms with Crippen LogP contribution < -0.4 is 4.74 Å². The number of phenolic OH excluding ortho intramolecular Hbond substituents is 1. The van der Waals surface area contributed by atoms with Crippen molar-refractivity contribution in [1.29, 1.82) is 0 Å². The molecule has 0 aliphatic rings. The average Bonchev–Trinajstić information content (AvgIpc) is 2.81. The standard InChI is InChI=1S/C11H12N4O2/c1-2-17-9-4-3-8(10(16)5-9)6-12-11-13-7-14-15-11/h3-7,16H,2H2,1H3,(H,13,14,15). The molecule has 6 heteroatoms. The largest absolute Gasteiger partial charge is 0.507 e. The molecule has 0 aliphatic heterocycles. The highest BCUT2D eigenvalue weighted by atomic mass is 16.5. The van der Waals surface area contributed by atoms with Gasteiger partial charge in [0.25, 0.3) is 0 Å². The zero-order chi connectivity index (χ0) is 12.1. The van der Waals surface area contributed by atoms with Gasteiger partial charge in [-0.05, 0) is 19.1 Å². The first-order chi connectivity index (χ1) is 8.29. The Balaban J connectivity index is 2.16. The molecular formula is C11H12N4O2. The number of aromatic hydroxyl groups is 1. The zero-order valence-corrected chi connectivity index (χ0v) is 9.29. The van der Waals surface area contributed by atoms with Crippen molar-refractivity contribution in [3.8, 4) is 11.5 Å². The number of nitrogens with one attached hydrogen (secondary N) is 1. The highest BCUT2D eigenvalue weighted by Gasteiger charge is 2.01. The number of hydrogen-bond donors (Lipinski definition) is 2. The minimum absolute atomic E-state index is 0.110. The third kappa shape index (κ3) is 2.81. The molecule has 0 amide bonds. The number of nitrogens with zero attached hydrogens (tertiary/aromatic N) is 3. The quantitative estimate of drug-likeness (QED) is 0.785. The van der Waals surface area contributed by atoms with Crippen LogP contribution in [-0.2, 0) is 0 Å². The summed E-state index contributed by atoms with van der Waals surface area (Å²) in [6.45, 7) is 2.45. The number of aliphatic imine (C=N–C) groups is 1. The first-order valence-corrected chi connectivity index (χ1v) is 5.15. The SMILES string of the molecule is CCOc1ccc(C=Nc2ncn[nH]2)c(O)c1. The Labute approximate surface area is 98.0 Å². The second kappa shape index (κ2) is 5.11. The van der Waals surface area contributed by atoms with E-state index >= 15 is 0 Å². The van der Waals surface area contributed by atoms with Gasteiger partial charge in [0.05, 0.1) is 6.61 Å². The van der Waals surface area contributed by atoms with Gasteiger partial charge < -0.3 is 9.84 Å². The van der Waals surface area contributed by atoms with Gasteiger partial charge in [0.1, 0.15) is 17.8 Å². The Morgan fingerprint density at radius 1 is 1.53 bits per heavy atom. The van der Waals surface area contributed by atoms with Crippen molar-refractivity contribution in [2.75, 3.05) is 6.61 Å². The van der Waals surface area contributed by atoms with Crippen LogP contribution in [0.4, 0.5) is 5.95 Å². The third-order valence-corrected chi connectivity index (χ3v) is 2.04. The fourth-order valence-corrected chi connectivity index (χ4v) is 1.28. The fourth-order valence-electron chi connectivity index (χ4n) is 1.28. The topological polar surface area (TPSA) is 83.4 Å². The molecular weight excluding hydrogens is 220 g/mol. The number of hydrogen-bond acceptors (Lipinski definition) is 5. The summed E-state index contributed by atoms with van der Waals surface area (Å²) in [5.41, 5.74) is 0.588. The van der Waals surface area contributed by atoms with Crippen LogP contribution in [0.25, 0.3) is 0 Å². The van der Waals surface area contributed by atoms with Crippen molar-refractivity contribution < 1.29 is 9.84 Å². The summed E-state index contributed by atoms with van der Waals surface area (Å²) in [6, 6.07) is 5.04. The van der Waals surface area contributed by atoms with Crippen molar-refractivity contribution in [3.63, 3.8) is 0 Å². The minimum atomic E-state index is 0.110. The van der Waals surface area contributed by atoms with E-state index in [9.17, 15) is 5.11 Å². The number of aromatic amines is 1. The molecule has 0 atom stereocenters. The highest BCUT2D eigenvalue weighted by molar-refractivity contribution is 5.85. The third-order valence-electron chi connectivity index (χ3n) is 2.04. The maximum atomic E-state index is 9.73. The van der Waals surface area contributed by atoms with Crippen LogP contribution in [0.5, 0.6) is 11.5 Å². The van der Waals surface area contributed by atoms with Gasteiger partial charge in [0.2, 0.25) is 5.95 Å². The Morgan fingerprint density at radius 2 is 2.41 bits per heavy atom. The second-order valence-electron chi connectivity index (χ2n) is 3.22. The Kier molecular flexibility index (Phi) is 3.34. The van der Waals surface area contributed by atoms with Gasteiger partial charge in [-0.1, -0.05) is 0 Å². The number of ether oxygens (including phenoxy) is 1. The molecule has 2 N–H and O–H groups in total. The van der Waals surface area contributed by atoms with E-state index in [-0.39, 0.29) is 5.75 Å². The summed E-state index contributed by atoms with van der Waals surface area (Å²) in [4.78, 5) is 7.86. The number of rotatable bonds is 4. The molecule has 0 bridgehead atoms. The van der Waals surface area contributed by atoms with Gasteiger partial charge in [0, 0.05) is 17.8 Å². The lowest BCUT2D eigenvalue weighted by molar-refractivity contribution is 0.337. The predicted octanol–water partition coefficient (Wildman–Crippen LogP) is 1.66. The summed E-state index contributed by atoms with van der Waals surface area (Å²) in [6.07, 6.45) is 2.87. The van der Waals surface area contributed by atoms with E-state index < -0.39 is 0 Å². The van der Waals surface area contributed by atoms with E-state index in [4.69, 9.17) is 4.74 Å². The lowest BCUT2D eigenvalue weighted by Gasteiger charge is -2.04. The van der Waals surface area contributed by atoms with Gasteiger partial charge in [-0.25, -0.2) is 10.1 Å². The Morgan fingerprint density at radius 3 is 3.06 bits per heavy atom. The number of H-pyrrole nitrogens is 1. The molecule has 1 aromatic carbocycles. The van der Waals surface area contributed by atoms with E-state index in [0.717, 1.165) is 0 Å². The summed E-state index contributed by atoms with van der Waals surface area (Å²) in [5, 5.41) is 16.0. The van der Waals surface area contributed by atoms with Crippen molar-refractivity contribution >= 4 is 12.2 Å². The molecule has 0 saturated heterocycles. The molecule has 1 aromatic heterocycles. The Hall–Kier alpha value is -2.37.